The molecule has 4 heteroatoms. The van der Waals surface area contributed by atoms with Crippen LogP contribution in [0.15, 0.2) is 48.5 Å². The highest BCUT2D eigenvalue weighted by atomic mass is 19.1. The van der Waals surface area contributed by atoms with Crippen LogP contribution < -0.4 is 5.73 Å². The Balaban J connectivity index is 2.02. The average Bonchev–Trinajstić information content (AvgIpc) is 2.39. The molecule has 3 nitrogen and oxygen atoms in total. The van der Waals surface area contributed by atoms with E-state index in [1.54, 1.807) is 6.07 Å². The summed E-state index contributed by atoms with van der Waals surface area (Å²) in [6.07, 6.45) is 0.465. The molecule has 3 aromatic rings. The Kier molecular flexibility index (Phi) is 2.83. The molecule has 0 spiro atoms. The summed E-state index contributed by atoms with van der Waals surface area (Å²) in [5, 5.41) is 0.838. The second-order valence-electron chi connectivity index (χ2n) is 4.35. The van der Waals surface area contributed by atoms with Crippen molar-refractivity contribution in [1.82, 2.24) is 9.97 Å². The van der Waals surface area contributed by atoms with Crippen LogP contribution in [0.4, 0.5) is 10.2 Å². The number of aromatic nitrogens is 2. The number of rotatable bonds is 2. The second-order valence-corrected chi connectivity index (χ2v) is 4.35. The van der Waals surface area contributed by atoms with Crippen molar-refractivity contribution in [1.29, 1.82) is 0 Å². The molecule has 0 atom stereocenters. The van der Waals surface area contributed by atoms with Crippen molar-refractivity contribution < 1.29 is 4.39 Å². The van der Waals surface area contributed by atoms with Crippen molar-refractivity contribution in [2.75, 3.05) is 5.73 Å². The number of para-hydroxylation sites is 1. The lowest BCUT2D eigenvalue weighted by atomic mass is 10.1. The van der Waals surface area contributed by atoms with Crippen LogP contribution in [0.1, 0.15) is 11.4 Å². The van der Waals surface area contributed by atoms with Gasteiger partial charge in [0.1, 0.15) is 17.5 Å². The molecule has 0 fully saturated rings. The van der Waals surface area contributed by atoms with E-state index in [0.29, 0.717) is 18.1 Å². The number of halogens is 1. The van der Waals surface area contributed by atoms with Gasteiger partial charge in [-0.2, -0.15) is 0 Å². The normalized spacial score (nSPS) is 10.8. The number of nitrogens with two attached hydrogens (primary N) is 1. The summed E-state index contributed by atoms with van der Waals surface area (Å²) >= 11 is 0. The Morgan fingerprint density at radius 3 is 2.68 bits per heavy atom. The molecule has 19 heavy (non-hydrogen) atoms. The van der Waals surface area contributed by atoms with Gasteiger partial charge in [-0.1, -0.05) is 24.3 Å². The molecule has 0 bridgehead atoms. The Morgan fingerprint density at radius 2 is 1.84 bits per heavy atom. The minimum atomic E-state index is -0.258. The quantitative estimate of drug-likeness (QED) is 0.764. The number of benzene rings is 2. The van der Waals surface area contributed by atoms with Gasteiger partial charge in [0.25, 0.3) is 0 Å². The summed E-state index contributed by atoms with van der Waals surface area (Å²) in [4.78, 5) is 8.72. The number of nitrogen functional groups attached to an aromatic ring is 1. The Hall–Kier alpha value is -2.49. The minimum absolute atomic E-state index is 0.258. The van der Waals surface area contributed by atoms with Gasteiger partial charge in [0.05, 0.1) is 5.52 Å². The molecule has 0 aliphatic carbocycles. The molecule has 0 unspecified atom stereocenters. The van der Waals surface area contributed by atoms with Gasteiger partial charge >= 0.3 is 0 Å². The van der Waals surface area contributed by atoms with Crippen LogP contribution in [0.5, 0.6) is 0 Å². The van der Waals surface area contributed by atoms with Crippen molar-refractivity contribution in [3.05, 3.63) is 65.7 Å². The first-order valence-corrected chi connectivity index (χ1v) is 5.98. The van der Waals surface area contributed by atoms with Gasteiger partial charge in [-0.15, -0.1) is 0 Å². The molecule has 0 saturated heterocycles. The van der Waals surface area contributed by atoms with Gasteiger partial charge < -0.3 is 5.73 Å². The highest BCUT2D eigenvalue weighted by Gasteiger charge is 2.06. The third-order valence-corrected chi connectivity index (χ3v) is 2.93. The van der Waals surface area contributed by atoms with Crippen LogP contribution in [0.3, 0.4) is 0 Å². The molecule has 3 rings (SSSR count). The van der Waals surface area contributed by atoms with E-state index in [4.69, 9.17) is 5.73 Å². The smallest absolute Gasteiger partial charge is 0.135 e. The maximum Gasteiger partial charge on any atom is 0.135 e. The molecule has 0 amide bonds. The standard InChI is InChI=1S/C15H12FN3/c16-11-5-3-4-10(8-11)9-14-18-13-7-2-1-6-12(13)15(17)19-14/h1-8H,9H2,(H2,17,18,19). The van der Waals surface area contributed by atoms with Crippen molar-refractivity contribution >= 4 is 16.7 Å². The second kappa shape index (κ2) is 4.65. The van der Waals surface area contributed by atoms with E-state index in [1.165, 1.54) is 12.1 Å². The first-order chi connectivity index (χ1) is 9.22. The molecule has 2 N–H and O–H groups in total. The lowest BCUT2D eigenvalue weighted by Crippen LogP contribution is -2.02. The summed E-state index contributed by atoms with van der Waals surface area (Å²) in [5.41, 5.74) is 7.55. The molecular weight excluding hydrogens is 241 g/mol. The van der Waals surface area contributed by atoms with E-state index in [9.17, 15) is 4.39 Å². The summed E-state index contributed by atoms with van der Waals surface area (Å²) in [6, 6.07) is 14.0. The van der Waals surface area contributed by atoms with E-state index in [0.717, 1.165) is 16.5 Å². The van der Waals surface area contributed by atoms with E-state index in [1.807, 2.05) is 30.3 Å². The molecule has 94 valence electrons. The van der Waals surface area contributed by atoms with Crippen LogP contribution in [0.2, 0.25) is 0 Å². The first-order valence-electron chi connectivity index (χ1n) is 5.98. The number of nitrogens with zero attached hydrogens (tertiary/aromatic N) is 2. The predicted octanol–water partition coefficient (Wildman–Crippen LogP) is 2.94. The van der Waals surface area contributed by atoms with Crippen molar-refractivity contribution in [3.63, 3.8) is 0 Å². The van der Waals surface area contributed by atoms with Gasteiger partial charge in [-0.05, 0) is 29.8 Å². The maximum absolute atomic E-state index is 13.1. The molecule has 0 aliphatic rings. The fraction of sp³-hybridized carbons (Fsp3) is 0.0667. The van der Waals surface area contributed by atoms with Crippen molar-refractivity contribution in [2.24, 2.45) is 0 Å². The maximum atomic E-state index is 13.1. The molecular formula is C15H12FN3. The van der Waals surface area contributed by atoms with E-state index in [2.05, 4.69) is 9.97 Å². The van der Waals surface area contributed by atoms with E-state index < -0.39 is 0 Å². The lowest BCUT2D eigenvalue weighted by Gasteiger charge is -2.05. The zero-order valence-corrected chi connectivity index (χ0v) is 10.2. The number of fused-ring (bicyclic) bond motifs is 1. The van der Waals surface area contributed by atoms with Gasteiger partial charge in [0.2, 0.25) is 0 Å². The number of hydrogen-bond donors (Lipinski definition) is 1. The van der Waals surface area contributed by atoms with Crippen LogP contribution in [-0.4, -0.2) is 9.97 Å². The van der Waals surface area contributed by atoms with E-state index in [-0.39, 0.29) is 5.82 Å². The molecule has 1 heterocycles. The fourth-order valence-electron chi connectivity index (χ4n) is 2.06. The number of anilines is 1. The Labute approximate surface area is 109 Å². The van der Waals surface area contributed by atoms with Crippen LogP contribution in [0, 0.1) is 5.82 Å². The zero-order chi connectivity index (χ0) is 13.2. The van der Waals surface area contributed by atoms with Gasteiger partial charge in [-0.3, -0.25) is 0 Å². The van der Waals surface area contributed by atoms with Gasteiger partial charge in [0, 0.05) is 11.8 Å². The third-order valence-electron chi connectivity index (χ3n) is 2.93. The van der Waals surface area contributed by atoms with Crippen LogP contribution in [-0.2, 0) is 6.42 Å². The topological polar surface area (TPSA) is 51.8 Å². The summed E-state index contributed by atoms with van der Waals surface area (Å²) in [5.74, 6) is 0.796. The van der Waals surface area contributed by atoms with Gasteiger partial charge in [-0.25, -0.2) is 14.4 Å². The summed E-state index contributed by atoms with van der Waals surface area (Å²) in [6.45, 7) is 0. The summed E-state index contributed by atoms with van der Waals surface area (Å²) < 4.78 is 13.1. The zero-order valence-electron chi connectivity index (χ0n) is 10.2. The molecule has 2 aromatic carbocycles. The van der Waals surface area contributed by atoms with Crippen LogP contribution >= 0.6 is 0 Å². The molecule has 1 aromatic heterocycles. The number of hydrogen-bond acceptors (Lipinski definition) is 3. The molecule has 0 saturated carbocycles. The average molecular weight is 253 g/mol. The highest BCUT2D eigenvalue weighted by molar-refractivity contribution is 5.87. The Morgan fingerprint density at radius 1 is 1.00 bits per heavy atom. The SMILES string of the molecule is Nc1nc(Cc2cccc(F)c2)nc2ccccc12. The molecule has 0 radical (unpaired) electrons. The highest BCUT2D eigenvalue weighted by Crippen LogP contribution is 2.18. The first kappa shape index (κ1) is 11.6. The molecule has 0 aliphatic heterocycles. The van der Waals surface area contributed by atoms with Crippen molar-refractivity contribution in [3.8, 4) is 0 Å². The summed E-state index contributed by atoms with van der Waals surface area (Å²) in [7, 11) is 0. The van der Waals surface area contributed by atoms with Crippen molar-refractivity contribution in [2.45, 2.75) is 6.42 Å². The van der Waals surface area contributed by atoms with E-state index >= 15 is 0 Å². The largest absolute Gasteiger partial charge is 0.383 e. The lowest BCUT2D eigenvalue weighted by molar-refractivity contribution is 0.626. The fourth-order valence-corrected chi connectivity index (χ4v) is 2.06. The third kappa shape index (κ3) is 2.38. The Bertz CT molecular complexity index is 740. The van der Waals surface area contributed by atoms with Crippen LogP contribution in [0.25, 0.3) is 10.9 Å². The predicted molar refractivity (Wildman–Crippen MR) is 73.2 cm³/mol. The van der Waals surface area contributed by atoms with Gasteiger partial charge in [0.15, 0.2) is 0 Å². The minimum Gasteiger partial charge on any atom is -0.383 e. The monoisotopic (exact) mass is 253 g/mol.